The lowest BCUT2D eigenvalue weighted by Gasteiger charge is -2.40. The smallest absolute Gasteiger partial charge is 0.305 e. The van der Waals surface area contributed by atoms with Crippen LogP contribution in [0.2, 0.25) is 0 Å². The summed E-state index contributed by atoms with van der Waals surface area (Å²) in [6.07, 6.45) is 64.8. The largest absolute Gasteiger partial charge is 0.466 e. The molecule has 11 nitrogen and oxygen atoms in total. The number of aliphatic hydroxyl groups excluding tert-OH is 5. The molecule has 1 heterocycles. The standard InChI is InChI=1S/C71H137NO10/c1-3-5-7-9-11-13-15-16-31-34-38-41-45-49-53-57-64(74)63(62-81-71-70(79)69(78)68(77)65(61-73)82-71)72-66(75)58-54-50-46-42-39-35-32-29-27-25-23-21-19-17-18-20-22-24-26-28-30-33-36-40-44-48-52-56-60-80-67(76)59-55-51-47-43-37-14-12-10-8-6-4-2/h53,57,63-65,68-71,73-74,77-79H,3-52,54-56,58-62H2,1-2H3,(H,72,75)/b57-53+. The van der Waals surface area contributed by atoms with Gasteiger partial charge in [0.25, 0.3) is 0 Å². The van der Waals surface area contributed by atoms with E-state index in [1.807, 2.05) is 6.08 Å². The maximum absolute atomic E-state index is 13.1. The third-order valence-corrected chi connectivity index (χ3v) is 17.4. The molecule has 1 fully saturated rings. The summed E-state index contributed by atoms with van der Waals surface area (Å²) in [5.41, 5.74) is 0. The van der Waals surface area contributed by atoms with Crippen molar-refractivity contribution < 1.29 is 49.3 Å². The Morgan fingerprint density at radius 1 is 0.439 bits per heavy atom. The minimum Gasteiger partial charge on any atom is -0.466 e. The molecule has 0 saturated carbocycles. The lowest BCUT2D eigenvalue weighted by molar-refractivity contribution is -0.302. The molecule has 7 unspecified atom stereocenters. The van der Waals surface area contributed by atoms with Gasteiger partial charge in [-0.05, 0) is 32.1 Å². The van der Waals surface area contributed by atoms with E-state index in [4.69, 9.17) is 14.2 Å². The van der Waals surface area contributed by atoms with Gasteiger partial charge < -0.3 is 45.1 Å². The Morgan fingerprint density at radius 3 is 1.13 bits per heavy atom. The molecule has 1 aliphatic heterocycles. The molecule has 7 atom stereocenters. The summed E-state index contributed by atoms with van der Waals surface area (Å²) in [6.45, 7) is 4.39. The van der Waals surface area contributed by atoms with Gasteiger partial charge in [0.15, 0.2) is 6.29 Å². The number of allylic oxidation sites excluding steroid dienone is 1. The lowest BCUT2D eigenvalue weighted by atomic mass is 9.99. The van der Waals surface area contributed by atoms with Gasteiger partial charge in [-0.1, -0.05) is 334 Å². The molecule has 1 aliphatic rings. The zero-order valence-corrected chi connectivity index (χ0v) is 54.0. The molecular weight excluding hydrogens is 1030 g/mol. The van der Waals surface area contributed by atoms with E-state index in [1.165, 1.54) is 289 Å². The van der Waals surface area contributed by atoms with E-state index in [1.54, 1.807) is 6.08 Å². The zero-order chi connectivity index (χ0) is 59.5. The number of rotatable bonds is 64. The first kappa shape index (κ1) is 78.4. The van der Waals surface area contributed by atoms with Crippen LogP contribution < -0.4 is 5.32 Å². The van der Waals surface area contributed by atoms with Crippen LogP contribution in [0.5, 0.6) is 0 Å². The second-order valence-electron chi connectivity index (χ2n) is 25.3. The van der Waals surface area contributed by atoms with Crippen molar-refractivity contribution in [1.82, 2.24) is 5.32 Å². The van der Waals surface area contributed by atoms with Crippen LogP contribution in [-0.4, -0.2) is 100 Å². The van der Waals surface area contributed by atoms with Crippen molar-refractivity contribution in [3.05, 3.63) is 12.2 Å². The number of amides is 1. The second kappa shape index (κ2) is 61.1. The fourth-order valence-corrected chi connectivity index (χ4v) is 11.7. The quantitative estimate of drug-likeness (QED) is 0.0195. The lowest BCUT2D eigenvalue weighted by Crippen LogP contribution is -2.60. The summed E-state index contributed by atoms with van der Waals surface area (Å²) >= 11 is 0. The van der Waals surface area contributed by atoms with Gasteiger partial charge in [-0.15, -0.1) is 0 Å². The van der Waals surface area contributed by atoms with Gasteiger partial charge in [0.05, 0.1) is 32.0 Å². The third kappa shape index (κ3) is 49.5. The maximum Gasteiger partial charge on any atom is 0.305 e. The molecule has 0 aliphatic carbocycles. The second-order valence-corrected chi connectivity index (χ2v) is 25.3. The number of carbonyl (C=O) groups excluding carboxylic acids is 2. The van der Waals surface area contributed by atoms with Gasteiger partial charge in [0.2, 0.25) is 5.91 Å². The van der Waals surface area contributed by atoms with Crippen LogP contribution in [0.1, 0.15) is 367 Å². The first-order chi connectivity index (χ1) is 40.2. The molecule has 1 amide bonds. The number of hydrogen-bond donors (Lipinski definition) is 6. The van der Waals surface area contributed by atoms with Crippen molar-refractivity contribution in [1.29, 1.82) is 0 Å². The summed E-state index contributed by atoms with van der Waals surface area (Å²) in [4.78, 5) is 25.1. The maximum atomic E-state index is 13.1. The zero-order valence-electron chi connectivity index (χ0n) is 54.0. The highest BCUT2D eigenvalue weighted by atomic mass is 16.7. The van der Waals surface area contributed by atoms with Gasteiger partial charge in [0.1, 0.15) is 24.4 Å². The van der Waals surface area contributed by atoms with Crippen LogP contribution in [0.3, 0.4) is 0 Å². The molecule has 0 bridgehead atoms. The van der Waals surface area contributed by atoms with E-state index >= 15 is 0 Å². The van der Waals surface area contributed by atoms with Crippen molar-refractivity contribution in [3.63, 3.8) is 0 Å². The van der Waals surface area contributed by atoms with Crippen molar-refractivity contribution in [2.45, 2.75) is 410 Å². The minimum atomic E-state index is -1.57. The third-order valence-electron chi connectivity index (χ3n) is 17.4. The fourth-order valence-electron chi connectivity index (χ4n) is 11.7. The average molecular weight is 1160 g/mol. The van der Waals surface area contributed by atoms with Gasteiger partial charge in [-0.2, -0.15) is 0 Å². The summed E-state index contributed by atoms with van der Waals surface area (Å²) in [5, 5.41) is 54.6. The van der Waals surface area contributed by atoms with Crippen molar-refractivity contribution in [2.75, 3.05) is 19.8 Å². The summed E-state index contributed by atoms with van der Waals surface area (Å²) in [5.74, 6) is -0.165. The first-order valence-electron chi connectivity index (χ1n) is 36.0. The Balaban J connectivity index is 1.98. The number of carbonyl (C=O) groups is 2. The first-order valence-corrected chi connectivity index (χ1v) is 36.0. The Hall–Kier alpha value is -1.60. The van der Waals surface area contributed by atoms with Gasteiger partial charge in [-0.25, -0.2) is 0 Å². The highest BCUT2D eigenvalue weighted by Gasteiger charge is 2.44. The van der Waals surface area contributed by atoms with Crippen LogP contribution in [0.4, 0.5) is 0 Å². The summed E-state index contributed by atoms with van der Waals surface area (Å²) in [7, 11) is 0. The Labute approximate surface area is 506 Å². The van der Waals surface area contributed by atoms with Crippen molar-refractivity contribution in [3.8, 4) is 0 Å². The number of esters is 1. The van der Waals surface area contributed by atoms with E-state index < -0.39 is 49.5 Å². The van der Waals surface area contributed by atoms with Crippen LogP contribution in [0.25, 0.3) is 0 Å². The molecule has 486 valence electrons. The van der Waals surface area contributed by atoms with Crippen molar-refractivity contribution in [2.24, 2.45) is 0 Å². The molecular formula is C71H137NO10. The van der Waals surface area contributed by atoms with Crippen LogP contribution >= 0.6 is 0 Å². The number of hydrogen-bond acceptors (Lipinski definition) is 10. The summed E-state index contributed by atoms with van der Waals surface area (Å²) < 4.78 is 16.8. The fraction of sp³-hybridized carbons (Fsp3) is 0.944. The van der Waals surface area contributed by atoms with Crippen LogP contribution in [0, 0.1) is 0 Å². The molecule has 0 aromatic rings. The molecule has 0 aromatic heterocycles. The van der Waals surface area contributed by atoms with E-state index in [-0.39, 0.29) is 18.5 Å². The molecule has 0 spiro atoms. The predicted molar refractivity (Wildman–Crippen MR) is 343 cm³/mol. The van der Waals surface area contributed by atoms with E-state index in [0.29, 0.717) is 19.4 Å². The van der Waals surface area contributed by atoms with Crippen molar-refractivity contribution >= 4 is 11.9 Å². The SMILES string of the molecule is CCCCCCCCCCCCCCC/C=C/C(O)C(COC1OC(CO)C(O)C(O)C1O)NC(=O)CCCCCCCCCCCCCCCCCCCCCCCCCCCCCCOC(=O)CCCCCCCCCCCCC. The average Bonchev–Trinajstić information content (AvgIpc) is 3.68. The van der Waals surface area contributed by atoms with E-state index in [9.17, 15) is 35.1 Å². The Bertz CT molecular complexity index is 1370. The monoisotopic (exact) mass is 1160 g/mol. The summed E-state index contributed by atoms with van der Waals surface area (Å²) in [6, 6.07) is -0.807. The number of aliphatic hydroxyl groups is 5. The predicted octanol–water partition coefficient (Wildman–Crippen LogP) is 18.2. The highest BCUT2D eigenvalue weighted by molar-refractivity contribution is 5.76. The molecule has 1 saturated heterocycles. The molecule has 1 rings (SSSR count). The Kier molecular flexibility index (Phi) is 58.4. The molecule has 6 N–H and O–H groups in total. The molecule has 0 radical (unpaired) electrons. The van der Waals surface area contributed by atoms with Gasteiger partial charge in [0, 0.05) is 12.8 Å². The van der Waals surface area contributed by atoms with E-state index in [2.05, 4.69) is 19.2 Å². The Morgan fingerprint density at radius 2 is 0.768 bits per heavy atom. The normalized spacial score (nSPS) is 18.2. The van der Waals surface area contributed by atoms with Crippen LogP contribution in [0.15, 0.2) is 12.2 Å². The number of ether oxygens (including phenoxy) is 3. The highest BCUT2D eigenvalue weighted by Crippen LogP contribution is 2.24. The number of nitrogens with one attached hydrogen (secondary N) is 1. The topological polar surface area (TPSA) is 175 Å². The van der Waals surface area contributed by atoms with E-state index in [0.717, 1.165) is 51.4 Å². The molecule has 0 aromatic carbocycles. The van der Waals surface area contributed by atoms with Crippen LogP contribution in [-0.2, 0) is 23.8 Å². The van der Waals surface area contributed by atoms with Gasteiger partial charge in [-0.3, -0.25) is 9.59 Å². The number of unbranched alkanes of at least 4 members (excludes halogenated alkanes) is 50. The van der Waals surface area contributed by atoms with Gasteiger partial charge >= 0.3 is 5.97 Å². The minimum absolute atomic E-state index is 0.0103. The molecule has 11 heteroatoms. The molecule has 82 heavy (non-hydrogen) atoms.